The van der Waals surface area contributed by atoms with E-state index in [4.69, 9.17) is 10.5 Å². The summed E-state index contributed by atoms with van der Waals surface area (Å²) in [5.41, 5.74) is 7.39. The predicted octanol–water partition coefficient (Wildman–Crippen LogP) is 1.41. The fourth-order valence-electron chi connectivity index (χ4n) is 1.96. The normalized spacial score (nSPS) is 21.6. The second-order valence-corrected chi connectivity index (χ2v) is 4.39. The average molecular weight is 194 g/mol. The van der Waals surface area contributed by atoms with Crippen LogP contribution in [0.25, 0.3) is 0 Å². The van der Waals surface area contributed by atoms with Gasteiger partial charge in [0.2, 0.25) is 0 Å². The molecule has 3 nitrogen and oxygen atoms in total. The van der Waals surface area contributed by atoms with Gasteiger partial charge in [0.25, 0.3) is 0 Å². The molecule has 1 aromatic heterocycles. The van der Waals surface area contributed by atoms with Crippen molar-refractivity contribution >= 4 is 0 Å². The maximum Gasteiger partial charge on any atom is 0.0586 e. The highest BCUT2D eigenvalue weighted by atomic mass is 16.5. The molecule has 0 saturated carbocycles. The summed E-state index contributed by atoms with van der Waals surface area (Å²) in [4.78, 5) is 3.10. The Morgan fingerprint density at radius 2 is 2.43 bits per heavy atom. The van der Waals surface area contributed by atoms with Crippen molar-refractivity contribution in [1.29, 1.82) is 0 Å². The van der Waals surface area contributed by atoms with Crippen molar-refractivity contribution in [3.8, 4) is 0 Å². The lowest BCUT2D eigenvalue weighted by Crippen LogP contribution is -2.47. The summed E-state index contributed by atoms with van der Waals surface area (Å²) in [5.74, 6) is 0. The summed E-state index contributed by atoms with van der Waals surface area (Å²) < 4.78 is 5.34. The van der Waals surface area contributed by atoms with Crippen LogP contribution in [0, 0.1) is 0 Å². The Morgan fingerprint density at radius 1 is 1.64 bits per heavy atom. The molecule has 1 aliphatic heterocycles. The Kier molecular flexibility index (Phi) is 2.61. The largest absolute Gasteiger partial charge is 0.379 e. The minimum Gasteiger partial charge on any atom is -0.379 e. The molecule has 1 fully saturated rings. The van der Waals surface area contributed by atoms with Crippen molar-refractivity contribution in [2.75, 3.05) is 13.2 Å². The van der Waals surface area contributed by atoms with Gasteiger partial charge < -0.3 is 15.5 Å². The number of nitrogens with two attached hydrogens (primary N) is 1. The first-order valence-electron chi connectivity index (χ1n) is 5.19. The molecule has 14 heavy (non-hydrogen) atoms. The number of hydrogen-bond acceptors (Lipinski definition) is 2. The number of nitrogens with one attached hydrogen (secondary N) is 1. The van der Waals surface area contributed by atoms with Crippen molar-refractivity contribution in [3.05, 3.63) is 24.0 Å². The van der Waals surface area contributed by atoms with Crippen molar-refractivity contribution in [1.82, 2.24) is 4.98 Å². The van der Waals surface area contributed by atoms with Gasteiger partial charge in [0.1, 0.15) is 0 Å². The highest BCUT2D eigenvalue weighted by Crippen LogP contribution is 2.36. The van der Waals surface area contributed by atoms with Crippen LogP contribution in [-0.4, -0.2) is 24.2 Å². The monoisotopic (exact) mass is 194 g/mol. The fraction of sp³-hybridized carbons (Fsp3) is 0.636. The van der Waals surface area contributed by atoms with E-state index in [2.05, 4.69) is 24.2 Å². The third-order valence-electron chi connectivity index (χ3n) is 3.05. The van der Waals surface area contributed by atoms with E-state index in [9.17, 15) is 0 Å². The third-order valence-corrected chi connectivity index (χ3v) is 3.05. The Balaban J connectivity index is 2.03. The third kappa shape index (κ3) is 1.70. The first kappa shape index (κ1) is 9.74. The molecule has 3 N–H and O–H groups in total. The second kappa shape index (κ2) is 3.75. The highest BCUT2D eigenvalue weighted by molar-refractivity contribution is 5.25. The van der Waals surface area contributed by atoms with E-state index in [1.807, 2.05) is 6.20 Å². The predicted molar refractivity (Wildman–Crippen MR) is 56.2 cm³/mol. The molecule has 3 heteroatoms. The van der Waals surface area contributed by atoms with E-state index in [-0.39, 0.29) is 11.5 Å². The lowest BCUT2D eigenvalue weighted by Gasteiger charge is -2.41. The van der Waals surface area contributed by atoms with Gasteiger partial charge in [0.05, 0.1) is 13.2 Å². The van der Waals surface area contributed by atoms with Crippen LogP contribution in [0.4, 0.5) is 0 Å². The Bertz CT molecular complexity index is 275. The Labute approximate surface area is 84.6 Å². The highest BCUT2D eigenvalue weighted by Gasteiger charge is 2.40. The average Bonchev–Trinajstić information content (AvgIpc) is 2.55. The fourth-order valence-corrected chi connectivity index (χ4v) is 1.96. The van der Waals surface area contributed by atoms with E-state index in [1.165, 1.54) is 5.56 Å². The molecule has 78 valence electrons. The van der Waals surface area contributed by atoms with E-state index in [1.54, 1.807) is 0 Å². The summed E-state index contributed by atoms with van der Waals surface area (Å²) in [6, 6.07) is 2.43. The van der Waals surface area contributed by atoms with Crippen molar-refractivity contribution in [2.24, 2.45) is 5.73 Å². The molecule has 2 heterocycles. The van der Waals surface area contributed by atoms with Crippen LogP contribution in [-0.2, 0) is 10.2 Å². The van der Waals surface area contributed by atoms with Crippen molar-refractivity contribution in [2.45, 2.75) is 31.2 Å². The van der Waals surface area contributed by atoms with Crippen LogP contribution in [0.5, 0.6) is 0 Å². The molecule has 0 radical (unpaired) electrons. The molecule has 1 atom stereocenters. The first-order chi connectivity index (χ1) is 6.73. The molecule has 1 saturated heterocycles. The second-order valence-electron chi connectivity index (χ2n) is 4.39. The number of ether oxygens (including phenoxy) is 1. The zero-order valence-electron chi connectivity index (χ0n) is 8.62. The van der Waals surface area contributed by atoms with Crippen molar-refractivity contribution in [3.63, 3.8) is 0 Å². The van der Waals surface area contributed by atoms with Gasteiger partial charge in [-0.3, -0.25) is 0 Å². The minimum atomic E-state index is 0.244. The van der Waals surface area contributed by atoms with Gasteiger partial charge in [0, 0.05) is 23.9 Å². The maximum absolute atomic E-state index is 5.78. The van der Waals surface area contributed by atoms with Gasteiger partial charge in [-0.25, -0.2) is 0 Å². The molecule has 0 aromatic carbocycles. The molecular weight excluding hydrogens is 176 g/mol. The van der Waals surface area contributed by atoms with Crippen LogP contribution >= 0.6 is 0 Å². The smallest absolute Gasteiger partial charge is 0.0586 e. The molecule has 0 bridgehead atoms. The number of aromatic nitrogens is 1. The Morgan fingerprint density at radius 3 is 2.86 bits per heavy atom. The number of H-pyrrole nitrogens is 1. The zero-order chi connectivity index (χ0) is 10.0. The van der Waals surface area contributed by atoms with Crippen LogP contribution in [0.1, 0.15) is 25.3 Å². The van der Waals surface area contributed by atoms with Crippen LogP contribution in [0.3, 0.4) is 0 Å². The summed E-state index contributed by atoms with van der Waals surface area (Å²) in [6.07, 6.45) is 6.24. The topological polar surface area (TPSA) is 51.0 Å². The lowest BCUT2D eigenvalue weighted by molar-refractivity contribution is -0.0656. The SMILES string of the molecule is CC(N)CCC1(c2cc[nH]c2)COC1. The van der Waals surface area contributed by atoms with Gasteiger partial charge in [-0.1, -0.05) is 0 Å². The zero-order valence-corrected chi connectivity index (χ0v) is 8.62. The first-order valence-corrected chi connectivity index (χ1v) is 5.19. The molecule has 1 aromatic rings. The van der Waals surface area contributed by atoms with Gasteiger partial charge in [-0.2, -0.15) is 0 Å². The van der Waals surface area contributed by atoms with E-state index < -0.39 is 0 Å². The number of rotatable bonds is 4. The quantitative estimate of drug-likeness (QED) is 0.761. The number of aromatic amines is 1. The molecule has 2 rings (SSSR count). The van der Waals surface area contributed by atoms with Gasteiger partial charge in [-0.05, 0) is 31.4 Å². The van der Waals surface area contributed by atoms with Crippen molar-refractivity contribution < 1.29 is 4.74 Å². The van der Waals surface area contributed by atoms with E-state index >= 15 is 0 Å². The molecule has 0 amide bonds. The van der Waals surface area contributed by atoms with Gasteiger partial charge in [-0.15, -0.1) is 0 Å². The van der Waals surface area contributed by atoms with E-state index in [0.29, 0.717) is 0 Å². The summed E-state index contributed by atoms with van der Waals surface area (Å²) >= 11 is 0. The lowest BCUT2D eigenvalue weighted by atomic mass is 9.75. The summed E-state index contributed by atoms with van der Waals surface area (Å²) in [7, 11) is 0. The van der Waals surface area contributed by atoms with E-state index in [0.717, 1.165) is 26.1 Å². The number of hydrogen-bond donors (Lipinski definition) is 2. The molecule has 0 aliphatic carbocycles. The van der Waals surface area contributed by atoms with Crippen LogP contribution in [0.15, 0.2) is 18.5 Å². The van der Waals surface area contributed by atoms with Crippen LogP contribution < -0.4 is 5.73 Å². The minimum absolute atomic E-state index is 0.244. The van der Waals surface area contributed by atoms with Crippen LogP contribution in [0.2, 0.25) is 0 Å². The maximum atomic E-state index is 5.78. The molecular formula is C11H18N2O. The molecule has 1 unspecified atom stereocenters. The Hall–Kier alpha value is -0.800. The molecule has 1 aliphatic rings. The van der Waals surface area contributed by atoms with Gasteiger partial charge in [0.15, 0.2) is 0 Å². The van der Waals surface area contributed by atoms with Gasteiger partial charge >= 0.3 is 0 Å². The summed E-state index contributed by atoms with van der Waals surface area (Å²) in [5, 5.41) is 0. The molecule has 0 spiro atoms. The standard InChI is InChI=1S/C11H18N2O/c1-9(12)2-4-11(7-14-8-11)10-3-5-13-6-10/h3,5-6,9,13H,2,4,7-8,12H2,1H3. The summed E-state index contributed by atoms with van der Waals surface area (Å²) in [6.45, 7) is 3.75.